The molecule has 0 unspecified atom stereocenters. The third-order valence-corrected chi connectivity index (χ3v) is 6.64. The summed E-state index contributed by atoms with van der Waals surface area (Å²) in [7, 11) is -0.870. The first-order valence-corrected chi connectivity index (χ1v) is 12.6. The van der Waals surface area contributed by atoms with Crippen LogP contribution in [0.25, 0.3) is 0 Å². The number of methoxy groups -OCH3 is 1. The Bertz CT molecular complexity index is 1100. The summed E-state index contributed by atoms with van der Waals surface area (Å²) < 4.78 is 31.9. The number of hydrogen-bond acceptors (Lipinski definition) is 5. The number of benzene rings is 2. The van der Waals surface area contributed by atoms with Crippen LogP contribution in [0.15, 0.2) is 42.5 Å². The van der Waals surface area contributed by atoms with E-state index in [0.717, 1.165) is 27.3 Å². The molecule has 180 valence electrons. The van der Waals surface area contributed by atoms with Gasteiger partial charge in [-0.1, -0.05) is 37.3 Å². The molecule has 2 rings (SSSR count). The Morgan fingerprint density at radius 2 is 1.79 bits per heavy atom. The van der Waals surface area contributed by atoms with Gasteiger partial charge in [-0.25, -0.2) is 8.42 Å². The van der Waals surface area contributed by atoms with E-state index < -0.39 is 28.5 Å². The minimum Gasteiger partial charge on any atom is -0.495 e. The SMILES string of the molecule is CC[C@@H](C(=O)NC)N(Cc1ccccc1C)C(=O)CN(c1cc(C)ccc1OC)S(C)(=O)=O. The molecular weight excluding hydrogens is 442 g/mol. The number of ether oxygens (including phenoxy) is 1. The highest BCUT2D eigenvalue weighted by Crippen LogP contribution is 2.31. The van der Waals surface area contributed by atoms with Crippen LogP contribution in [0.1, 0.15) is 30.0 Å². The van der Waals surface area contributed by atoms with Crippen LogP contribution in [-0.4, -0.2) is 58.1 Å². The highest BCUT2D eigenvalue weighted by atomic mass is 32.2. The van der Waals surface area contributed by atoms with Crippen molar-refractivity contribution in [3.8, 4) is 5.75 Å². The fourth-order valence-electron chi connectivity index (χ4n) is 3.65. The molecule has 0 radical (unpaired) electrons. The lowest BCUT2D eigenvalue weighted by atomic mass is 10.1. The number of nitrogens with one attached hydrogen (secondary N) is 1. The Kier molecular flexibility index (Phi) is 8.87. The normalized spacial score (nSPS) is 12.1. The van der Waals surface area contributed by atoms with Crippen LogP contribution in [0.2, 0.25) is 0 Å². The molecule has 0 aromatic heterocycles. The van der Waals surface area contributed by atoms with Crippen molar-refractivity contribution in [2.75, 3.05) is 31.3 Å². The average molecular weight is 476 g/mol. The van der Waals surface area contributed by atoms with Gasteiger partial charge < -0.3 is 15.0 Å². The minimum absolute atomic E-state index is 0.181. The van der Waals surface area contributed by atoms with E-state index >= 15 is 0 Å². The maximum atomic E-state index is 13.6. The van der Waals surface area contributed by atoms with Crippen LogP contribution in [0, 0.1) is 13.8 Å². The van der Waals surface area contributed by atoms with Crippen LogP contribution < -0.4 is 14.4 Å². The predicted octanol–water partition coefficient (Wildman–Crippen LogP) is 2.63. The van der Waals surface area contributed by atoms with Crippen molar-refractivity contribution in [3.05, 3.63) is 59.2 Å². The van der Waals surface area contributed by atoms with Crippen molar-refractivity contribution < 1.29 is 22.7 Å². The zero-order chi connectivity index (χ0) is 24.8. The summed E-state index contributed by atoms with van der Waals surface area (Å²) in [5, 5.41) is 2.61. The molecule has 2 aromatic rings. The third-order valence-electron chi connectivity index (χ3n) is 5.52. The Labute approximate surface area is 196 Å². The van der Waals surface area contributed by atoms with Gasteiger partial charge in [0, 0.05) is 13.6 Å². The van der Waals surface area contributed by atoms with Crippen molar-refractivity contribution in [1.29, 1.82) is 0 Å². The molecule has 0 saturated heterocycles. The van der Waals surface area contributed by atoms with Crippen LogP contribution in [0.5, 0.6) is 5.75 Å². The van der Waals surface area contributed by atoms with E-state index in [0.29, 0.717) is 12.2 Å². The molecule has 2 amide bonds. The number of nitrogens with zero attached hydrogens (tertiary/aromatic N) is 2. The molecule has 1 N–H and O–H groups in total. The first kappa shape index (κ1) is 26.2. The molecule has 8 nitrogen and oxygen atoms in total. The van der Waals surface area contributed by atoms with Crippen LogP contribution in [0.3, 0.4) is 0 Å². The number of hydrogen-bond donors (Lipinski definition) is 1. The number of sulfonamides is 1. The molecular formula is C24H33N3O5S. The van der Waals surface area contributed by atoms with Gasteiger partial charge in [-0.3, -0.25) is 13.9 Å². The smallest absolute Gasteiger partial charge is 0.244 e. The van der Waals surface area contributed by atoms with Crippen molar-refractivity contribution >= 4 is 27.5 Å². The van der Waals surface area contributed by atoms with Crippen molar-refractivity contribution in [2.24, 2.45) is 0 Å². The molecule has 0 aliphatic carbocycles. The summed E-state index contributed by atoms with van der Waals surface area (Å²) in [4.78, 5) is 27.6. The minimum atomic E-state index is -3.83. The zero-order valence-electron chi connectivity index (χ0n) is 20.1. The number of amides is 2. The predicted molar refractivity (Wildman–Crippen MR) is 130 cm³/mol. The first-order chi connectivity index (χ1) is 15.5. The summed E-state index contributed by atoms with van der Waals surface area (Å²) in [5.74, 6) is -0.455. The van der Waals surface area contributed by atoms with Crippen molar-refractivity contribution in [1.82, 2.24) is 10.2 Å². The number of anilines is 1. The second-order valence-electron chi connectivity index (χ2n) is 7.93. The van der Waals surface area contributed by atoms with Crippen LogP contribution >= 0.6 is 0 Å². The van der Waals surface area contributed by atoms with Gasteiger partial charge in [-0.05, 0) is 49.1 Å². The Hall–Kier alpha value is -3.07. The van der Waals surface area contributed by atoms with E-state index in [4.69, 9.17) is 4.74 Å². The van der Waals surface area contributed by atoms with Crippen molar-refractivity contribution in [2.45, 2.75) is 39.8 Å². The lowest BCUT2D eigenvalue weighted by Crippen LogP contribution is -2.51. The topological polar surface area (TPSA) is 96.0 Å². The van der Waals surface area contributed by atoms with Gasteiger partial charge in [0.25, 0.3) is 0 Å². The standard InChI is InChI=1S/C24H33N3O5S/c1-7-20(24(29)25-4)26(15-19-11-9-8-10-18(19)3)23(28)16-27(33(6,30)31)21-14-17(2)12-13-22(21)32-5/h8-14,20H,7,15-16H2,1-6H3,(H,25,29)/t20-/m0/s1. The third kappa shape index (κ3) is 6.47. The fraction of sp³-hybridized carbons (Fsp3) is 0.417. The summed E-state index contributed by atoms with van der Waals surface area (Å²) in [5.41, 5.74) is 2.95. The summed E-state index contributed by atoms with van der Waals surface area (Å²) in [6, 6.07) is 12.0. The lowest BCUT2D eigenvalue weighted by molar-refractivity contribution is -0.140. The van der Waals surface area contributed by atoms with Gasteiger partial charge >= 0.3 is 0 Å². The highest BCUT2D eigenvalue weighted by Gasteiger charge is 2.32. The second kappa shape index (κ2) is 11.2. The van der Waals surface area contributed by atoms with E-state index in [2.05, 4.69) is 5.32 Å². The number of rotatable bonds is 10. The summed E-state index contributed by atoms with van der Waals surface area (Å²) in [6.45, 7) is 5.29. The Morgan fingerprint density at radius 1 is 1.12 bits per heavy atom. The maximum Gasteiger partial charge on any atom is 0.244 e. The number of carbonyl (C=O) groups is 2. The van der Waals surface area contributed by atoms with Gasteiger partial charge in [-0.2, -0.15) is 0 Å². The van der Waals surface area contributed by atoms with E-state index in [1.54, 1.807) is 18.2 Å². The zero-order valence-corrected chi connectivity index (χ0v) is 20.9. The van der Waals surface area contributed by atoms with Crippen LogP contribution in [0.4, 0.5) is 5.69 Å². The number of likely N-dealkylation sites (N-methyl/N-ethyl adjacent to an activating group) is 1. The van der Waals surface area contributed by atoms with Gasteiger partial charge in [-0.15, -0.1) is 0 Å². The maximum absolute atomic E-state index is 13.6. The monoisotopic (exact) mass is 475 g/mol. The molecule has 0 fully saturated rings. The largest absolute Gasteiger partial charge is 0.495 e. The van der Waals surface area contributed by atoms with E-state index in [1.165, 1.54) is 19.1 Å². The van der Waals surface area contributed by atoms with Gasteiger partial charge in [0.15, 0.2) is 0 Å². The Morgan fingerprint density at radius 3 is 2.33 bits per heavy atom. The fourth-order valence-corrected chi connectivity index (χ4v) is 4.49. The lowest BCUT2D eigenvalue weighted by Gasteiger charge is -2.33. The van der Waals surface area contributed by atoms with Gasteiger partial charge in [0.1, 0.15) is 18.3 Å². The molecule has 9 heteroatoms. The molecule has 0 bridgehead atoms. The molecule has 1 atom stereocenters. The summed E-state index contributed by atoms with van der Waals surface area (Å²) >= 11 is 0. The molecule has 33 heavy (non-hydrogen) atoms. The van der Waals surface area contributed by atoms with Crippen molar-refractivity contribution in [3.63, 3.8) is 0 Å². The summed E-state index contributed by atoms with van der Waals surface area (Å²) in [6.07, 6.45) is 1.42. The van der Waals surface area contributed by atoms with Gasteiger partial charge in [0.2, 0.25) is 21.8 Å². The van der Waals surface area contributed by atoms with E-state index in [-0.39, 0.29) is 18.1 Å². The Balaban J connectivity index is 2.52. The molecule has 0 saturated carbocycles. The number of carbonyl (C=O) groups excluding carboxylic acids is 2. The van der Waals surface area contributed by atoms with E-state index in [1.807, 2.05) is 45.0 Å². The van der Waals surface area contributed by atoms with Gasteiger partial charge in [0.05, 0.1) is 19.1 Å². The van der Waals surface area contributed by atoms with Crippen LogP contribution in [-0.2, 0) is 26.2 Å². The first-order valence-electron chi connectivity index (χ1n) is 10.7. The molecule has 0 heterocycles. The second-order valence-corrected chi connectivity index (χ2v) is 9.84. The quantitative estimate of drug-likeness (QED) is 0.570. The molecule has 0 aliphatic rings. The number of aryl methyl sites for hydroxylation is 2. The average Bonchev–Trinajstić information content (AvgIpc) is 2.77. The van der Waals surface area contributed by atoms with E-state index in [9.17, 15) is 18.0 Å². The molecule has 0 spiro atoms. The molecule has 2 aromatic carbocycles. The molecule has 0 aliphatic heterocycles. The highest BCUT2D eigenvalue weighted by molar-refractivity contribution is 7.92.